The van der Waals surface area contributed by atoms with Gasteiger partial charge in [-0.15, -0.1) is 0 Å². The van der Waals surface area contributed by atoms with Crippen LogP contribution in [0.5, 0.6) is 0 Å². The van der Waals surface area contributed by atoms with Gasteiger partial charge in [0.15, 0.2) is 0 Å². The summed E-state index contributed by atoms with van der Waals surface area (Å²) in [5.41, 5.74) is 8.68. The smallest absolute Gasteiger partial charge is 0.408 e. The molecule has 1 saturated carbocycles. The van der Waals surface area contributed by atoms with Crippen LogP contribution in [0.1, 0.15) is 40.0 Å². The van der Waals surface area contributed by atoms with E-state index in [1.165, 1.54) is 5.57 Å². The molecule has 2 saturated heterocycles. The topological polar surface area (TPSA) is 134 Å². The maximum absolute atomic E-state index is 12.1. The fourth-order valence-electron chi connectivity index (χ4n) is 4.47. The average Bonchev–Trinajstić information content (AvgIpc) is 3.58. The van der Waals surface area contributed by atoms with Crippen molar-refractivity contribution in [1.29, 1.82) is 0 Å². The van der Waals surface area contributed by atoms with Crippen molar-refractivity contribution in [3.63, 3.8) is 0 Å². The zero-order valence-electron chi connectivity index (χ0n) is 17.2. The van der Waals surface area contributed by atoms with Crippen molar-refractivity contribution in [3.05, 3.63) is 17.2 Å². The third-order valence-electron chi connectivity index (χ3n) is 6.02. The van der Waals surface area contributed by atoms with Crippen molar-refractivity contribution < 1.29 is 33.4 Å². The molecule has 2 aliphatic heterocycles. The monoisotopic (exact) mass is 410 g/mol. The Hall–Kier alpha value is -2.04. The summed E-state index contributed by atoms with van der Waals surface area (Å²) in [5, 5.41) is 4.53. The van der Waals surface area contributed by atoms with Crippen molar-refractivity contribution in [1.82, 2.24) is 5.32 Å². The van der Waals surface area contributed by atoms with Crippen LogP contribution >= 0.6 is 0 Å². The fraction of sp³-hybridized carbons (Fsp3) is 0.789. The lowest BCUT2D eigenvalue weighted by Crippen LogP contribution is -2.56. The third kappa shape index (κ3) is 4.59. The maximum Gasteiger partial charge on any atom is 0.408 e. The highest BCUT2D eigenvalue weighted by Gasteiger charge is 2.72. The number of alkyl carbamates (subject to hydrolysis) is 1. The summed E-state index contributed by atoms with van der Waals surface area (Å²) in [6.45, 7) is 6.33. The molecule has 6 unspecified atom stereocenters. The Balaban J connectivity index is 1.65. The van der Waals surface area contributed by atoms with Crippen molar-refractivity contribution in [2.24, 2.45) is 11.2 Å². The van der Waals surface area contributed by atoms with E-state index < -0.39 is 36.4 Å². The molecule has 6 atom stereocenters. The zero-order valence-corrected chi connectivity index (χ0v) is 17.2. The van der Waals surface area contributed by atoms with Crippen LogP contribution in [-0.2, 0) is 28.6 Å². The van der Waals surface area contributed by atoms with Gasteiger partial charge in [0.25, 0.3) is 0 Å². The normalized spacial score (nSPS) is 37.4. The van der Waals surface area contributed by atoms with E-state index >= 15 is 0 Å². The highest BCUT2D eigenvalue weighted by Crippen LogP contribution is 2.59. The van der Waals surface area contributed by atoms with Gasteiger partial charge >= 0.3 is 12.1 Å². The minimum atomic E-state index is -0.916. The van der Waals surface area contributed by atoms with Crippen LogP contribution in [-0.4, -0.2) is 61.8 Å². The lowest BCUT2D eigenvalue weighted by atomic mass is 9.68. The molecule has 29 heavy (non-hydrogen) atoms. The summed E-state index contributed by atoms with van der Waals surface area (Å²) in [4.78, 5) is 27.3. The Morgan fingerprint density at radius 1 is 1.38 bits per heavy atom. The summed E-state index contributed by atoms with van der Waals surface area (Å²) in [7, 11) is 1.59. The first-order valence-electron chi connectivity index (χ1n) is 9.72. The van der Waals surface area contributed by atoms with Gasteiger partial charge < -0.3 is 34.6 Å². The van der Waals surface area contributed by atoms with Gasteiger partial charge in [0.1, 0.15) is 30.0 Å². The minimum absolute atomic E-state index is 0.0608. The number of carbonyl (C=O) groups excluding carboxylic acids is 2. The van der Waals surface area contributed by atoms with Crippen LogP contribution in [0.25, 0.3) is 5.53 Å². The zero-order chi connectivity index (χ0) is 21.2. The Morgan fingerprint density at radius 2 is 2.10 bits per heavy atom. The standard InChI is InChI=1S/C19H28N3O7/c1-11(2)5-6-13-18(3,28-13)16-15(25-4)12(7-8-19(16)10-26-19)27-17(24)21-9-14(23)29-22-20/h5,12-13,15-16H,6-10H2,1-4H3,(H,21,24)/q-1. The largest absolute Gasteiger partial charge is 0.669 e. The molecule has 2 heterocycles. The molecular weight excluding hydrogens is 382 g/mol. The Kier molecular flexibility index (Phi) is 6.25. The molecule has 0 aromatic carbocycles. The molecule has 0 radical (unpaired) electrons. The number of allylic oxidation sites excluding steroid dienone is 1. The molecule has 0 aromatic rings. The second-order valence-electron chi connectivity index (χ2n) is 8.22. The quantitative estimate of drug-likeness (QED) is 0.281. The van der Waals surface area contributed by atoms with Crippen LogP contribution in [0.15, 0.2) is 16.9 Å². The van der Waals surface area contributed by atoms with Gasteiger partial charge in [0, 0.05) is 7.11 Å². The summed E-state index contributed by atoms with van der Waals surface area (Å²) in [6, 6.07) is 0. The number of methoxy groups -OCH3 is 1. The molecule has 3 fully saturated rings. The van der Waals surface area contributed by atoms with Crippen LogP contribution in [0.2, 0.25) is 0 Å². The summed E-state index contributed by atoms with van der Waals surface area (Å²) in [5.74, 6) is -0.999. The van der Waals surface area contributed by atoms with E-state index in [1.54, 1.807) is 7.11 Å². The minimum Gasteiger partial charge on any atom is -0.669 e. The van der Waals surface area contributed by atoms with E-state index in [2.05, 4.69) is 42.3 Å². The molecule has 3 aliphatic rings. The first-order chi connectivity index (χ1) is 13.8. The van der Waals surface area contributed by atoms with Crippen molar-refractivity contribution in [2.75, 3.05) is 20.3 Å². The predicted octanol–water partition coefficient (Wildman–Crippen LogP) is 2.27. The lowest BCUT2D eigenvalue weighted by molar-refractivity contribution is -0.143. The number of amides is 1. The van der Waals surface area contributed by atoms with E-state index in [9.17, 15) is 9.59 Å². The van der Waals surface area contributed by atoms with Gasteiger partial charge in [-0.25, -0.2) is 14.9 Å². The van der Waals surface area contributed by atoms with E-state index in [0.29, 0.717) is 13.0 Å². The number of hydrogen-bond acceptors (Lipinski definition) is 8. The summed E-state index contributed by atoms with van der Waals surface area (Å²) in [6.07, 6.45) is 2.64. The van der Waals surface area contributed by atoms with Gasteiger partial charge in [-0.1, -0.05) is 11.6 Å². The number of ether oxygens (including phenoxy) is 4. The van der Waals surface area contributed by atoms with Gasteiger partial charge in [0.2, 0.25) is 0 Å². The van der Waals surface area contributed by atoms with E-state index in [4.69, 9.17) is 24.5 Å². The summed E-state index contributed by atoms with van der Waals surface area (Å²) < 4.78 is 23.3. The fourth-order valence-corrected chi connectivity index (χ4v) is 4.47. The molecule has 10 nitrogen and oxygen atoms in total. The number of nitrogens with zero attached hydrogens (tertiary/aromatic N) is 2. The van der Waals surface area contributed by atoms with Crippen molar-refractivity contribution in [3.8, 4) is 0 Å². The number of carbonyl (C=O) groups is 2. The highest BCUT2D eigenvalue weighted by molar-refractivity contribution is 5.77. The van der Waals surface area contributed by atoms with Gasteiger partial charge in [-0.2, -0.15) is 0 Å². The molecule has 10 heteroatoms. The average molecular weight is 410 g/mol. The highest BCUT2D eigenvalue weighted by atomic mass is 16.7. The van der Waals surface area contributed by atoms with Gasteiger partial charge in [0.05, 0.1) is 18.6 Å². The number of hydrogen-bond donors (Lipinski definition) is 1. The third-order valence-corrected chi connectivity index (χ3v) is 6.02. The second kappa shape index (κ2) is 8.37. The number of epoxide rings is 2. The molecule has 3 rings (SSSR count). The first-order valence-corrected chi connectivity index (χ1v) is 9.72. The maximum atomic E-state index is 12.1. The SMILES string of the molecule is COC1C(OC(=O)NCC(=O)ON=[N-])CCC2(CO2)C1C1(C)OC1CC=C(C)C. The number of nitrogens with one attached hydrogen (secondary N) is 1. The molecule has 1 amide bonds. The first kappa shape index (κ1) is 21.7. The lowest BCUT2D eigenvalue weighted by Gasteiger charge is -2.42. The van der Waals surface area contributed by atoms with Gasteiger partial charge in [-0.3, -0.25) is 0 Å². The van der Waals surface area contributed by atoms with Crippen molar-refractivity contribution >= 4 is 12.1 Å². The number of rotatable bonds is 8. The molecule has 0 aromatic heterocycles. The Bertz CT molecular complexity index is 689. The molecule has 1 aliphatic carbocycles. The van der Waals surface area contributed by atoms with Crippen LogP contribution < -0.4 is 5.32 Å². The summed E-state index contributed by atoms with van der Waals surface area (Å²) >= 11 is 0. The van der Waals surface area contributed by atoms with Gasteiger partial charge in [-0.05, 0) is 40.0 Å². The molecular formula is C19H28N3O7-. The molecule has 0 bridgehead atoms. The van der Waals surface area contributed by atoms with Crippen LogP contribution in [0, 0.1) is 5.92 Å². The molecule has 162 valence electrons. The van der Waals surface area contributed by atoms with E-state index in [-0.39, 0.29) is 17.6 Å². The van der Waals surface area contributed by atoms with E-state index in [1.807, 2.05) is 0 Å². The Morgan fingerprint density at radius 3 is 2.69 bits per heavy atom. The molecule has 1 spiro atoms. The van der Waals surface area contributed by atoms with Crippen LogP contribution in [0.4, 0.5) is 4.79 Å². The second-order valence-corrected chi connectivity index (χ2v) is 8.22. The molecule has 1 N–H and O–H groups in total. The van der Waals surface area contributed by atoms with E-state index in [0.717, 1.165) is 12.8 Å². The Labute approximate surface area is 169 Å². The van der Waals surface area contributed by atoms with Crippen molar-refractivity contribution in [2.45, 2.75) is 69.5 Å². The van der Waals surface area contributed by atoms with Crippen LogP contribution in [0.3, 0.4) is 0 Å². The predicted molar refractivity (Wildman–Crippen MR) is 99.7 cm³/mol.